The van der Waals surface area contributed by atoms with Gasteiger partial charge in [0.05, 0.1) is 5.02 Å². The van der Waals surface area contributed by atoms with Crippen LogP contribution in [0.2, 0.25) is 5.02 Å². The first kappa shape index (κ1) is 25.6. The number of para-hydroxylation sites is 1. The zero-order valence-corrected chi connectivity index (χ0v) is 22.4. The zero-order chi connectivity index (χ0) is 26.1. The van der Waals surface area contributed by atoms with E-state index >= 15 is 0 Å². The largest absolute Gasteiger partial charge is 0.484 e. The molecule has 2 amide bonds. The van der Waals surface area contributed by atoms with Crippen LogP contribution in [0.15, 0.2) is 56.4 Å². The maximum atomic E-state index is 12.9. The number of nitrogens with zero attached hydrogens (tertiary/aromatic N) is 3. The Balaban J connectivity index is 1.21. The fourth-order valence-corrected chi connectivity index (χ4v) is 7.27. The number of β-lactam (4-membered cyclic amide) rings is 1. The maximum absolute atomic E-state index is 12.9. The number of amides is 2. The summed E-state index contributed by atoms with van der Waals surface area (Å²) >= 11 is 10.3. The zero-order valence-electron chi connectivity index (χ0n) is 19.2. The molecule has 2 N–H and O–H groups in total. The lowest BCUT2D eigenvalue weighted by atomic mass is 10.0. The van der Waals surface area contributed by atoms with E-state index < -0.39 is 29.2 Å². The third-order valence-electron chi connectivity index (χ3n) is 5.51. The molecule has 0 saturated carbocycles. The van der Waals surface area contributed by atoms with Gasteiger partial charge in [0.1, 0.15) is 40.2 Å². The third kappa shape index (κ3) is 5.35. The number of thioether (sulfide) groups is 2. The number of ether oxygens (including phenoxy) is 1. The maximum Gasteiger partial charge on any atom is 0.352 e. The summed E-state index contributed by atoms with van der Waals surface area (Å²) in [5.74, 6) is -0.533. The molecule has 14 heteroatoms. The topological polar surface area (TPSA) is 135 Å². The van der Waals surface area contributed by atoms with Crippen LogP contribution in [0, 0.1) is 6.92 Å². The molecule has 2 aromatic heterocycles. The molecular weight excluding hydrogens is 560 g/mol. The molecule has 192 valence electrons. The minimum Gasteiger partial charge on any atom is -0.484 e. The summed E-state index contributed by atoms with van der Waals surface area (Å²) in [5, 5.41) is 21.3. The van der Waals surface area contributed by atoms with Crippen LogP contribution in [0.1, 0.15) is 21.3 Å². The van der Waals surface area contributed by atoms with Crippen molar-refractivity contribution >= 4 is 64.2 Å². The van der Waals surface area contributed by atoms with Crippen LogP contribution in [0.4, 0.5) is 0 Å². The standard InChI is InChI=1S/C23H19ClN4O6S3/c1-11-26-27-23(37-11)36-10-12-9-35-21-17(20(30)28(21)18(12)22(31)32)25-19(29)16-7-6-13(34-16)8-33-15-5-3-2-4-14(15)24/h2-7,17,21H,8-10H2,1H3,(H,25,29)(H,31,32). The van der Waals surface area contributed by atoms with Crippen LogP contribution in [0.3, 0.4) is 0 Å². The van der Waals surface area contributed by atoms with Gasteiger partial charge in [-0.25, -0.2) is 4.79 Å². The number of carboxylic acid groups (broad SMARTS) is 1. The molecule has 10 nitrogen and oxygen atoms in total. The molecule has 37 heavy (non-hydrogen) atoms. The Labute approximate surface area is 228 Å². The molecule has 1 aromatic carbocycles. The Morgan fingerprint density at radius 3 is 2.84 bits per heavy atom. The summed E-state index contributed by atoms with van der Waals surface area (Å²) in [5.41, 5.74) is 0.587. The van der Waals surface area contributed by atoms with Crippen molar-refractivity contribution in [2.45, 2.75) is 29.3 Å². The number of carboxylic acids is 1. The Morgan fingerprint density at radius 2 is 2.11 bits per heavy atom. The summed E-state index contributed by atoms with van der Waals surface area (Å²) in [4.78, 5) is 38.9. The molecule has 2 unspecified atom stereocenters. The molecule has 2 aliphatic rings. The van der Waals surface area contributed by atoms with Crippen molar-refractivity contribution < 1.29 is 28.6 Å². The highest BCUT2D eigenvalue weighted by Crippen LogP contribution is 2.42. The van der Waals surface area contributed by atoms with Crippen LogP contribution in [0.5, 0.6) is 5.75 Å². The van der Waals surface area contributed by atoms with E-state index in [1.54, 1.807) is 30.3 Å². The van der Waals surface area contributed by atoms with Gasteiger partial charge in [-0.2, -0.15) is 0 Å². The summed E-state index contributed by atoms with van der Waals surface area (Å²) in [6, 6.07) is 9.22. The number of furan rings is 1. The number of fused-ring (bicyclic) bond motifs is 1. The third-order valence-corrected chi connectivity index (χ3v) is 9.22. The second kappa shape index (κ2) is 10.8. The number of aliphatic carboxylic acids is 1. The van der Waals surface area contributed by atoms with E-state index in [0.29, 0.717) is 33.6 Å². The van der Waals surface area contributed by atoms with E-state index in [0.717, 1.165) is 9.35 Å². The second-order valence-corrected chi connectivity index (χ2v) is 11.9. The van der Waals surface area contributed by atoms with E-state index in [4.69, 9.17) is 20.8 Å². The van der Waals surface area contributed by atoms with Crippen molar-refractivity contribution in [1.82, 2.24) is 20.4 Å². The molecule has 0 bridgehead atoms. The van der Waals surface area contributed by atoms with Crippen molar-refractivity contribution in [3.05, 3.63) is 69.2 Å². The van der Waals surface area contributed by atoms with Crippen molar-refractivity contribution in [1.29, 1.82) is 0 Å². The Morgan fingerprint density at radius 1 is 1.30 bits per heavy atom. The van der Waals surface area contributed by atoms with E-state index in [9.17, 15) is 19.5 Å². The van der Waals surface area contributed by atoms with Crippen LogP contribution in [-0.2, 0) is 16.2 Å². The summed E-state index contributed by atoms with van der Waals surface area (Å²) in [7, 11) is 0. The van der Waals surface area contributed by atoms with Gasteiger partial charge >= 0.3 is 5.97 Å². The molecule has 3 aromatic rings. The lowest BCUT2D eigenvalue weighted by molar-refractivity contribution is -0.148. The first-order chi connectivity index (χ1) is 17.8. The molecule has 2 atom stereocenters. The van der Waals surface area contributed by atoms with E-state index in [-0.39, 0.29) is 18.1 Å². The van der Waals surface area contributed by atoms with Gasteiger partial charge in [-0.3, -0.25) is 14.5 Å². The number of halogens is 1. The monoisotopic (exact) mass is 578 g/mol. The highest BCUT2D eigenvalue weighted by atomic mass is 35.5. The molecule has 1 saturated heterocycles. The minimum absolute atomic E-state index is 0.0169. The number of rotatable bonds is 9. The van der Waals surface area contributed by atoms with E-state index in [1.165, 1.54) is 45.8 Å². The number of carbonyl (C=O) groups is 3. The number of carbonyl (C=O) groups excluding carboxylic acids is 2. The van der Waals surface area contributed by atoms with Gasteiger partial charge in [-0.05, 0) is 36.8 Å². The van der Waals surface area contributed by atoms with E-state index in [1.807, 2.05) is 6.92 Å². The van der Waals surface area contributed by atoms with Gasteiger partial charge < -0.3 is 19.6 Å². The minimum atomic E-state index is -1.18. The lowest BCUT2D eigenvalue weighted by Crippen LogP contribution is -2.70. The number of aryl methyl sites for hydroxylation is 1. The van der Waals surface area contributed by atoms with Gasteiger partial charge in [0.25, 0.3) is 11.8 Å². The Bertz CT molecular complexity index is 1410. The van der Waals surface area contributed by atoms with Crippen LogP contribution < -0.4 is 10.1 Å². The van der Waals surface area contributed by atoms with Crippen molar-refractivity contribution in [2.24, 2.45) is 0 Å². The predicted molar refractivity (Wildman–Crippen MR) is 139 cm³/mol. The molecule has 0 radical (unpaired) electrons. The van der Waals surface area contributed by atoms with Gasteiger partial charge in [0, 0.05) is 11.5 Å². The summed E-state index contributed by atoms with van der Waals surface area (Å²) in [6.45, 7) is 1.91. The normalized spacial score (nSPS) is 18.9. The summed E-state index contributed by atoms with van der Waals surface area (Å²) in [6.07, 6.45) is 0. The first-order valence-electron chi connectivity index (χ1n) is 10.9. The van der Waals surface area contributed by atoms with Gasteiger partial charge in [0.2, 0.25) is 0 Å². The van der Waals surface area contributed by atoms with Crippen molar-refractivity contribution in [3.63, 3.8) is 0 Å². The van der Waals surface area contributed by atoms with Gasteiger partial charge in [-0.1, -0.05) is 46.8 Å². The second-order valence-electron chi connectivity index (χ2n) is 7.98. The number of hydrogen-bond acceptors (Lipinski definition) is 10. The van der Waals surface area contributed by atoms with Crippen LogP contribution >= 0.6 is 46.5 Å². The predicted octanol–water partition coefficient (Wildman–Crippen LogP) is 3.82. The molecule has 2 aliphatic heterocycles. The molecule has 1 fully saturated rings. The number of hydrogen-bond donors (Lipinski definition) is 2. The fourth-order valence-electron chi connectivity index (χ4n) is 3.78. The molecule has 5 rings (SSSR count). The molecule has 0 spiro atoms. The average molecular weight is 579 g/mol. The van der Waals surface area contributed by atoms with Crippen molar-refractivity contribution in [3.8, 4) is 5.75 Å². The quantitative estimate of drug-likeness (QED) is 0.285. The number of benzene rings is 1. The number of nitrogens with one attached hydrogen (secondary N) is 1. The van der Waals surface area contributed by atoms with Gasteiger partial charge in [-0.15, -0.1) is 22.0 Å². The van der Waals surface area contributed by atoms with Gasteiger partial charge in [0.15, 0.2) is 10.1 Å². The SMILES string of the molecule is Cc1nnc(SCC2=C(C(=O)O)N3C(=O)C(NC(=O)c4ccc(COc5ccccc5Cl)o4)C3SC2)s1. The highest BCUT2D eigenvalue weighted by Gasteiger charge is 2.54. The summed E-state index contributed by atoms with van der Waals surface area (Å²) < 4.78 is 11.9. The first-order valence-corrected chi connectivity index (χ1v) is 14.1. The molecule has 4 heterocycles. The molecular formula is C23H19ClN4O6S3. The molecule has 0 aliphatic carbocycles. The van der Waals surface area contributed by atoms with Crippen molar-refractivity contribution in [2.75, 3.05) is 11.5 Å². The average Bonchev–Trinajstić information content (AvgIpc) is 3.53. The van der Waals surface area contributed by atoms with E-state index in [2.05, 4.69) is 15.5 Å². The smallest absolute Gasteiger partial charge is 0.352 e. The Kier molecular flexibility index (Phi) is 7.47. The number of aromatic nitrogens is 2. The fraction of sp³-hybridized carbons (Fsp3) is 0.261. The van der Waals surface area contributed by atoms with Crippen LogP contribution in [-0.4, -0.2) is 60.9 Å². The Hall–Kier alpha value is -3.00. The highest BCUT2D eigenvalue weighted by molar-refractivity contribution is 8.01. The lowest BCUT2D eigenvalue weighted by Gasteiger charge is -2.49. The van der Waals surface area contributed by atoms with Crippen LogP contribution in [0.25, 0.3) is 0 Å².